The first-order valence-corrected chi connectivity index (χ1v) is 8.50. The van der Waals surface area contributed by atoms with E-state index in [0.29, 0.717) is 13.2 Å². The van der Waals surface area contributed by atoms with Gasteiger partial charge in [-0.1, -0.05) is 0 Å². The molecule has 1 heterocycles. The van der Waals surface area contributed by atoms with Crippen LogP contribution in [0.5, 0.6) is 0 Å². The topological polar surface area (TPSA) is 45.7 Å². The van der Waals surface area contributed by atoms with Gasteiger partial charge in [0.2, 0.25) is 0 Å². The predicted octanol–water partition coefficient (Wildman–Crippen LogP) is 3.10. The Labute approximate surface area is 156 Å². The lowest BCUT2D eigenvalue weighted by molar-refractivity contribution is 0.155. The van der Waals surface area contributed by atoms with Crippen molar-refractivity contribution in [3.8, 4) is 0 Å². The first-order valence-electron chi connectivity index (χ1n) is 6.60. The minimum Gasteiger partial charge on any atom is -0.380 e. The number of nitrogens with one attached hydrogen (secondary N) is 2. The van der Waals surface area contributed by atoms with Crippen LogP contribution in [0.4, 0.5) is 0 Å². The third-order valence-electron chi connectivity index (χ3n) is 2.35. The lowest BCUT2D eigenvalue weighted by atomic mass is 10.3. The van der Waals surface area contributed by atoms with Gasteiger partial charge in [0.1, 0.15) is 0 Å². The summed E-state index contributed by atoms with van der Waals surface area (Å²) in [6.45, 7) is 7.96. The van der Waals surface area contributed by atoms with E-state index in [-0.39, 0.29) is 24.0 Å². The summed E-state index contributed by atoms with van der Waals surface area (Å²) in [7, 11) is 0. The normalized spacial score (nSPS) is 11.1. The van der Waals surface area contributed by atoms with Crippen LogP contribution in [-0.4, -0.2) is 38.8 Å². The fourth-order valence-electron chi connectivity index (χ4n) is 1.50. The van der Waals surface area contributed by atoms with Crippen molar-refractivity contribution in [2.45, 2.75) is 20.3 Å². The second-order valence-electron chi connectivity index (χ2n) is 3.84. The van der Waals surface area contributed by atoms with E-state index in [1.54, 1.807) is 0 Å². The second kappa shape index (κ2) is 13.1. The van der Waals surface area contributed by atoms with E-state index in [4.69, 9.17) is 4.74 Å². The molecular weight excluding hydrogens is 500 g/mol. The number of aliphatic imine (C=N–C) groups is 1. The van der Waals surface area contributed by atoms with Crippen molar-refractivity contribution in [2.75, 3.05) is 32.8 Å². The zero-order chi connectivity index (χ0) is 13.9. The van der Waals surface area contributed by atoms with Gasteiger partial charge in [-0.3, -0.25) is 4.99 Å². The number of thiophene rings is 1. The molecule has 2 N–H and O–H groups in total. The third-order valence-corrected chi connectivity index (χ3v) is 4.30. The summed E-state index contributed by atoms with van der Waals surface area (Å²) in [5.41, 5.74) is 0. The second-order valence-corrected chi connectivity index (χ2v) is 6.90. The van der Waals surface area contributed by atoms with E-state index in [9.17, 15) is 0 Å². The van der Waals surface area contributed by atoms with Crippen LogP contribution in [0.3, 0.4) is 0 Å². The summed E-state index contributed by atoms with van der Waals surface area (Å²) < 4.78 is 6.61. The van der Waals surface area contributed by atoms with Gasteiger partial charge in [-0.2, -0.15) is 0 Å². The predicted molar refractivity (Wildman–Crippen MR) is 107 cm³/mol. The summed E-state index contributed by atoms with van der Waals surface area (Å²) in [6.07, 6.45) is 1.03. The molecule has 0 saturated heterocycles. The molecule has 0 aromatic carbocycles. The van der Waals surface area contributed by atoms with Crippen molar-refractivity contribution in [2.24, 2.45) is 4.99 Å². The Hall–Kier alpha value is 0.390. The quantitative estimate of drug-likeness (QED) is 0.239. The lowest BCUT2D eigenvalue weighted by Crippen LogP contribution is -2.38. The molecule has 0 aliphatic carbocycles. The highest BCUT2D eigenvalue weighted by Crippen LogP contribution is 2.18. The fraction of sp³-hybridized carbons (Fsp3) is 0.615. The molecule has 7 heteroatoms. The van der Waals surface area contributed by atoms with E-state index in [1.165, 1.54) is 7.76 Å². The van der Waals surface area contributed by atoms with Gasteiger partial charge in [0.25, 0.3) is 0 Å². The lowest BCUT2D eigenvalue weighted by Gasteiger charge is -2.10. The molecule has 116 valence electrons. The van der Waals surface area contributed by atoms with Crippen molar-refractivity contribution < 1.29 is 4.74 Å². The van der Waals surface area contributed by atoms with Crippen LogP contribution >= 0.6 is 57.9 Å². The standard InChI is InChI=1S/C13H22IN3OS.HI/c1-3-15-13(17-9-10-18-4-2)16-8-7-11-5-6-12(14)19-11;/h5-6H,3-4,7-10H2,1-2H3,(H2,15,16,17);1H. The van der Waals surface area contributed by atoms with Crippen LogP contribution in [0, 0.1) is 2.88 Å². The molecule has 1 aromatic rings. The molecule has 0 saturated carbocycles. The minimum atomic E-state index is 0. The number of rotatable bonds is 8. The first-order chi connectivity index (χ1) is 9.26. The van der Waals surface area contributed by atoms with E-state index >= 15 is 0 Å². The molecule has 1 aromatic heterocycles. The Bertz CT molecular complexity index is 385. The molecule has 0 amide bonds. The number of ether oxygens (including phenoxy) is 1. The van der Waals surface area contributed by atoms with E-state index in [2.05, 4.69) is 57.3 Å². The molecule has 1 rings (SSSR count). The number of guanidine groups is 1. The van der Waals surface area contributed by atoms with Gasteiger partial charge in [-0.25, -0.2) is 0 Å². The van der Waals surface area contributed by atoms with Gasteiger partial charge in [0, 0.05) is 24.6 Å². The average Bonchev–Trinajstić information content (AvgIpc) is 2.80. The largest absolute Gasteiger partial charge is 0.380 e. The van der Waals surface area contributed by atoms with Gasteiger partial charge >= 0.3 is 0 Å². The molecule has 4 nitrogen and oxygen atoms in total. The Morgan fingerprint density at radius 1 is 1.35 bits per heavy atom. The van der Waals surface area contributed by atoms with Crippen LogP contribution in [0.25, 0.3) is 0 Å². The van der Waals surface area contributed by atoms with Gasteiger partial charge < -0.3 is 15.4 Å². The highest BCUT2D eigenvalue weighted by molar-refractivity contribution is 14.1. The van der Waals surface area contributed by atoms with Crippen molar-refractivity contribution in [3.63, 3.8) is 0 Å². The molecule has 20 heavy (non-hydrogen) atoms. The summed E-state index contributed by atoms with van der Waals surface area (Å²) in [5, 5.41) is 6.58. The molecule has 0 fully saturated rings. The molecule has 0 radical (unpaired) electrons. The van der Waals surface area contributed by atoms with Crippen molar-refractivity contribution in [1.82, 2.24) is 10.6 Å². The van der Waals surface area contributed by atoms with Crippen molar-refractivity contribution in [3.05, 3.63) is 19.9 Å². The minimum absolute atomic E-state index is 0. The average molecular weight is 523 g/mol. The summed E-state index contributed by atoms with van der Waals surface area (Å²) in [5.74, 6) is 0.869. The summed E-state index contributed by atoms with van der Waals surface area (Å²) >= 11 is 4.20. The van der Waals surface area contributed by atoms with Crippen LogP contribution in [0.1, 0.15) is 18.7 Å². The van der Waals surface area contributed by atoms with Gasteiger partial charge in [-0.15, -0.1) is 35.3 Å². The van der Waals surface area contributed by atoms with Crippen LogP contribution in [-0.2, 0) is 11.2 Å². The highest BCUT2D eigenvalue weighted by Gasteiger charge is 1.99. The Balaban J connectivity index is 0.00000361. The zero-order valence-corrected chi connectivity index (χ0v) is 17.3. The maximum absolute atomic E-state index is 5.28. The maximum atomic E-state index is 5.28. The first kappa shape index (κ1) is 20.4. The van der Waals surface area contributed by atoms with Crippen LogP contribution in [0.15, 0.2) is 17.1 Å². The van der Waals surface area contributed by atoms with E-state index in [0.717, 1.165) is 32.1 Å². The van der Waals surface area contributed by atoms with Crippen LogP contribution < -0.4 is 10.6 Å². The Kier molecular flexibility index (Phi) is 13.3. The van der Waals surface area contributed by atoms with Crippen LogP contribution in [0.2, 0.25) is 0 Å². The Morgan fingerprint density at radius 2 is 2.15 bits per heavy atom. The van der Waals surface area contributed by atoms with Gasteiger partial charge in [-0.05, 0) is 55.0 Å². The zero-order valence-electron chi connectivity index (χ0n) is 11.9. The summed E-state index contributed by atoms with van der Waals surface area (Å²) in [4.78, 5) is 5.86. The maximum Gasteiger partial charge on any atom is 0.191 e. The molecule has 0 spiro atoms. The molecule has 0 unspecified atom stereocenters. The monoisotopic (exact) mass is 523 g/mol. The fourth-order valence-corrected chi connectivity index (χ4v) is 3.25. The Morgan fingerprint density at radius 3 is 2.75 bits per heavy atom. The number of hydrogen-bond donors (Lipinski definition) is 2. The van der Waals surface area contributed by atoms with Crippen molar-refractivity contribution >= 4 is 63.9 Å². The van der Waals surface area contributed by atoms with Gasteiger partial charge in [0.15, 0.2) is 5.96 Å². The molecule has 0 aliphatic rings. The smallest absolute Gasteiger partial charge is 0.191 e. The number of halogens is 2. The highest BCUT2D eigenvalue weighted by atomic mass is 127. The third kappa shape index (κ3) is 9.35. The van der Waals surface area contributed by atoms with E-state index < -0.39 is 0 Å². The molecule has 0 bridgehead atoms. The molecule has 0 aliphatic heterocycles. The summed E-state index contributed by atoms with van der Waals surface area (Å²) in [6, 6.07) is 4.34. The molecule has 0 atom stereocenters. The SMILES string of the molecule is CCNC(=NCCOCC)NCCc1ccc(I)s1.I. The number of hydrogen-bond acceptors (Lipinski definition) is 3. The van der Waals surface area contributed by atoms with Gasteiger partial charge in [0.05, 0.1) is 16.0 Å². The van der Waals surface area contributed by atoms with E-state index in [1.807, 2.05) is 18.3 Å². The molecular formula is C13H23I2N3OS. The van der Waals surface area contributed by atoms with Crippen molar-refractivity contribution in [1.29, 1.82) is 0 Å². The number of nitrogens with zero attached hydrogens (tertiary/aromatic N) is 1.